The van der Waals surface area contributed by atoms with Gasteiger partial charge in [0.25, 0.3) is 5.91 Å². The number of carbonyl (C=O) groups is 1. The highest BCUT2D eigenvalue weighted by Crippen LogP contribution is 2.51. The number of nitrogens with one attached hydrogen (secondary N) is 2. The lowest BCUT2D eigenvalue weighted by molar-refractivity contribution is -0.121. The SMILES string of the molecule is CC1C(C)C12NC(=S)NC2=O. The molecule has 0 aromatic rings. The standard InChI is InChI=1S/C7H10N2OS/c1-3-4(2)7(3)5(10)8-6(11)9-7/h3-4H,1-2H3,(H2,8,9,10,11). The van der Waals surface area contributed by atoms with Gasteiger partial charge in [0.1, 0.15) is 5.54 Å². The van der Waals surface area contributed by atoms with Crippen molar-refractivity contribution in [2.75, 3.05) is 0 Å². The molecule has 3 nitrogen and oxygen atoms in total. The Labute approximate surface area is 70.5 Å². The smallest absolute Gasteiger partial charge is 0.252 e. The van der Waals surface area contributed by atoms with E-state index in [4.69, 9.17) is 12.2 Å². The Balaban J connectivity index is 2.30. The average molecular weight is 170 g/mol. The molecule has 2 aliphatic rings. The monoisotopic (exact) mass is 170 g/mol. The van der Waals surface area contributed by atoms with Gasteiger partial charge in [-0.1, -0.05) is 13.8 Å². The summed E-state index contributed by atoms with van der Waals surface area (Å²) in [7, 11) is 0. The maximum absolute atomic E-state index is 11.3. The van der Waals surface area contributed by atoms with Gasteiger partial charge in [-0.3, -0.25) is 4.79 Å². The van der Waals surface area contributed by atoms with Gasteiger partial charge in [0, 0.05) is 0 Å². The van der Waals surface area contributed by atoms with Gasteiger partial charge in [0.15, 0.2) is 5.11 Å². The minimum absolute atomic E-state index is 0.0440. The van der Waals surface area contributed by atoms with E-state index in [2.05, 4.69) is 24.5 Å². The molecule has 1 saturated carbocycles. The van der Waals surface area contributed by atoms with Crippen LogP contribution < -0.4 is 10.6 Å². The summed E-state index contributed by atoms with van der Waals surface area (Å²) < 4.78 is 0. The van der Waals surface area contributed by atoms with Crippen LogP contribution in [-0.4, -0.2) is 16.6 Å². The first-order valence-electron chi connectivity index (χ1n) is 3.72. The van der Waals surface area contributed by atoms with Crippen LogP contribution in [0.2, 0.25) is 0 Å². The molecular formula is C7H10N2OS. The summed E-state index contributed by atoms with van der Waals surface area (Å²) in [5.74, 6) is 0.855. The van der Waals surface area contributed by atoms with E-state index in [0.29, 0.717) is 16.9 Å². The van der Waals surface area contributed by atoms with Crippen molar-refractivity contribution in [2.45, 2.75) is 19.4 Å². The maximum atomic E-state index is 11.3. The highest BCUT2D eigenvalue weighted by atomic mass is 32.1. The average Bonchev–Trinajstić information content (AvgIpc) is 2.36. The second kappa shape index (κ2) is 1.75. The van der Waals surface area contributed by atoms with E-state index < -0.39 is 0 Å². The van der Waals surface area contributed by atoms with Crippen LogP contribution in [0, 0.1) is 11.8 Å². The third-order valence-electron chi connectivity index (χ3n) is 3.00. The minimum Gasteiger partial charge on any atom is -0.348 e. The van der Waals surface area contributed by atoms with Crippen molar-refractivity contribution in [2.24, 2.45) is 11.8 Å². The number of amides is 1. The molecule has 2 fully saturated rings. The van der Waals surface area contributed by atoms with Gasteiger partial charge in [0.2, 0.25) is 0 Å². The Morgan fingerprint density at radius 3 is 2.18 bits per heavy atom. The molecule has 0 aromatic carbocycles. The molecule has 2 atom stereocenters. The van der Waals surface area contributed by atoms with Crippen molar-refractivity contribution in [3.05, 3.63) is 0 Å². The first-order valence-corrected chi connectivity index (χ1v) is 4.13. The number of carbonyl (C=O) groups excluding carboxylic acids is 1. The summed E-state index contributed by atoms with van der Waals surface area (Å²) in [6, 6.07) is 0. The third-order valence-corrected chi connectivity index (χ3v) is 3.20. The largest absolute Gasteiger partial charge is 0.348 e. The number of hydrogen-bond acceptors (Lipinski definition) is 2. The summed E-state index contributed by atoms with van der Waals surface area (Å²) in [5.41, 5.74) is -0.350. The summed E-state index contributed by atoms with van der Waals surface area (Å²) >= 11 is 4.85. The summed E-state index contributed by atoms with van der Waals surface area (Å²) in [6.45, 7) is 4.12. The van der Waals surface area contributed by atoms with Crippen LogP contribution in [-0.2, 0) is 4.79 Å². The van der Waals surface area contributed by atoms with Crippen LogP contribution in [0.4, 0.5) is 0 Å². The molecular weight excluding hydrogens is 160 g/mol. The van der Waals surface area contributed by atoms with Crippen molar-refractivity contribution in [3.8, 4) is 0 Å². The van der Waals surface area contributed by atoms with Crippen LogP contribution in [0.3, 0.4) is 0 Å². The zero-order chi connectivity index (χ0) is 8.22. The third kappa shape index (κ3) is 0.630. The summed E-state index contributed by atoms with van der Waals surface area (Å²) in [6.07, 6.45) is 0. The van der Waals surface area contributed by atoms with Crippen molar-refractivity contribution >= 4 is 23.2 Å². The number of hydrogen-bond donors (Lipinski definition) is 2. The Morgan fingerprint density at radius 1 is 1.45 bits per heavy atom. The topological polar surface area (TPSA) is 41.1 Å². The molecule has 0 bridgehead atoms. The molecule has 2 N–H and O–H groups in total. The van der Waals surface area contributed by atoms with Gasteiger partial charge in [-0.25, -0.2) is 0 Å². The quantitative estimate of drug-likeness (QED) is 0.503. The lowest BCUT2D eigenvalue weighted by Gasteiger charge is -2.03. The molecule has 1 heterocycles. The highest BCUT2D eigenvalue weighted by Gasteiger charge is 2.67. The molecule has 1 aliphatic heterocycles. The normalized spacial score (nSPS) is 47.5. The molecule has 1 amide bonds. The molecule has 4 heteroatoms. The van der Waals surface area contributed by atoms with Crippen molar-refractivity contribution < 1.29 is 4.79 Å². The fraction of sp³-hybridized carbons (Fsp3) is 0.714. The van der Waals surface area contributed by atoms with Crippen molar-refractivity contribution in [1.29, 1.82) is 0 Å². The zero-order valence-corrected chi connectivity index (χ0v) is 7.29. The lowest BCUT2D eigenvalue weighted by atomic mass is 10.2. The van der Waals surface area contributed by atoms with Crippen LogP contribution in [0.15, 0.2) is 0 Å². The number of rotatable bonds is 0. The lowest BCUT2D eigenvalue weighted by Crippen LogP contribution is -2.34. The predicted octanol–water partition coefficient (Wildman–Crippen LogP) is 0.0153. The van der Waals surface area contributed by atoms with Gasteiger partial charge < -0.3 is 10.6 Å². The molecule has 2 rings (SSSR count). The fourth-order valence-corrected chi connectivity index (χ4v) is 2.16. The van der Waals surface area contributed by atoms with Crippen LogP contribution in [0.25, 0.3) is 0 Å². The van der Waals surface area contributed by atoms with Crippen molar-refractivity contribution in [3.63, 3.8) is 0 Å². The van der Waals surface area contributed by atoms with Crippen LogP contribution in [0.5, 0.6) is 0 Å². The van der Waals surface area contributed by atoms with Gasteiger partial charge in [-0.05, 0) is 24.1 Å². The van der Waals surface area contributed by atoms with Crippen LogP contribution >= 0.6 is 12.2 Å². The molecule has 1 aliphatic carbocycles. The van der Waals surface area contributed by atoms with E-state index in [0.717, 1.165) is 0 Å². The molecule has 0 aromatic heterocycles. The Kier molecular flexibility index (Phi) is 1.12. The van der Waals surface area contributed by atoms with E-state index in [1.54, 1.807) is 0 Å². The Bertz CT molecular complexity index is 243. The van der Waals surface area contributed by atoms with Crippen molar-refractivity contribution in [1.82, 2.24) is 10.6 Å². The zero-order valence-electron chi connectivity index (χ0n) is 6.47. The summed E-state index contributed by atoms with van der Waals surface area (Å²) in [5, 5.41) is 6.11. The second-order valence-corrected chi connectivity index (χ2v) is 3.76. The molecule has 1 spiro atoms. The fourth-order valence-electron chi connectivity index (χ4n) is 1.90. The molecule has 11 heavy (non-hydrogen) atoms. The first kappa shape index (κ1) is 7.03. The van der Waals surface area contributed by atoms with E-state index >= 15 is 0 Å². The molecule has 60 valence electrons. The number of thiocarbonyl (C=S) groups is 1. The van der Waals surface area contributed by atoms with Crippen LogP contribution in [0.1, 0.15) is 13.8 Å². The van der Waals surface area contributed by atoms with Gasteiger partial charge in [-0.2, -0.15) is 0 Å². The molecule has 0 radical (unpaired) electrons. The predicted molar refractivity (Wildman–Crippen MR) is 44.9 cm³/mol. The van der Waals surface area contributed by atoms with E-state index in [-0.39, 0.29) is 11.4 Å². The highest BCUT2D eigenvalue weighted by molar-refractivity contribution is 7.80. The maximum Gasteiger partial charge on any atom is 0.252 e. The molecule has 1 saturated heterocycles. The van der Waals surface area contributed by atoms with E-state index in [1.807, 2.05) is 0 Å². The molecule has 2 unspecified atom stereocenters. The Hall–Kier alpha value is -0.640. The van der Waals surface area contributed by atoms with Gasteiger partial charge in [-0.15, -0.1) is 0 Å². The first-order chi connectivity index (χ1) is 5.09. The Morgan fingerprint density at radius 2 is 2.00 bits per heavy atom. The van der Waals surface area contributed by atoms with Gasteiger partial charge in [0.05, 0.1) is 0 Å². The van der Waals surface area contributed by atoms with E-state index in [9.17, 15) is 4.79 Å². The van der Waals surface area contributed by atoms with E-state index in [1.165, 1.54) is 0 Å². The summed E-state index contributed by atoms with van der Waals surface area (Å²) in [4.78, 5) is 11.3. The van der Waals surface area contributed by atoms with Gasteiger partial charge >= 0.3 is 0 Å². The second-order valence-electron chi connectivity index (χ2n) is 3.35. The minimum atomic E-state index is -0.350.